The van der Waals surface area contributed by atoms with E-state index >= 15 is 0 Å². The third-order valence-corrected chi connectivity index (χ3v) is 5.60. The summed E-state index contributed by atoms with van der Waals surface area (Å²) in [7, 11) is 0. The SMILES string of the molecule is C1CCOC1.Cc1cc2nc(N)c(N3CCN(Cc4ccc(F)cc4F)CC3)nc2cn1. The van der Waals surface area contributed by atoms with E-state index in [9.17, 15) is 8.78 Å². The number of aryl methyl sites for hydroxylation is 1. The Kier molecular flexibility index (Phi) is 7.06. The Balaban J connectivity index is 0.000000433. The Morgan fingerprint density at radius 1 is 1.00 bits per heavy atom. The Hall–Kier alpha value is -2.91. The van der Waals surface area contributed by atoms with Crippen molar-refractivity contribution >= 4 is 22.7 Å². The van der Waals surface area contributed by atoms with Crippen molar-refractivity contribution in [2.45, 2.75) is 26.3 Å². The molecule has 2 fully saturated rings. The quantitative estimate of drug-likeness (QED) is 0.667. The van der Waals surface area contributed by atoms with Gasteiger partial charge in [-0.15, -0.1) is 0 Å². The monoisotopic (exact) mass is 442 g/mol. The number of ether oxygens (including phenoxy) is 1. The summed E-state index contributed by atoms with van der Waals surface area (Å²) in [5, 5.41) is 0. The molecule has 0 unspecified atom stereocenters. The maximum atomic E-state index is 13.9. The van der Waals surface area contributed by atoms with E-state index in [1.807, 2.05) is 13.0 Å². The second-order valence-corrected chi connectivity index (χ2v) is 8.07. The standard InChI is InChI=1S/C19H20F2N6.C4H8O/c1-12-8-16-17(10-23-12)25-19(18(22)24-16)27-6-4-26(5-7-27)11-13-2-3-14(20)9-15(13)21;1-2-4-5-3-1/h2-3,8-10H,4-7,11H2,1H3,(H2,22,24);1-4H2. The molecule has 32 heavy (non-hydrogen) atoms. The lowest BCUT2D eigenvalue weighted by molar-refractivity contribution is 0.198. The zero-order chi connectivity index (χ0) is 22.5. The molecule has 0 atom stereocenters. The molecule has 0 spiro atoms. The van der Waals surface area contributed by atoms with E-state index in [4.69, 9.17) is 10.5 Å². The smallest absolute Gasteiger partial charge is 0.172 e. The third kappa shape index (κ3) is 5.46. The summed E-state index contributed by atoms with van der Waals surface area (Å²) in [5.41, 5.74) is 8.93. The molecule has 0 bridgehead atoms. The molecule has 2 N–H and O–H groups in total. The highest BCUT2D eigenvalue weighted by Crippen LogP contribution is 2.24. The van der Waals surface area contributed by atoms with E-state index in [-0.39, 0.29) is 0 Å². The van der Waals surface area contributed by atoms with Gasteiger partial charge in [-0.1, -0.05) is 6.07 Å². The van der Waals surface area contributed by atoms with E-state index in [0.717, 1.165) is 43.6 Å². The average molecular weight is 443 g/mol. The fourth-order valence-corrected chi connectivity index (χ4v) is 3.82. The molecule has 7 nitrogen and oxygen atoms in total. The van der Waals surface area contributed by atoms with Crippen LogP contribution in [0.15, 0.2) is 30.5 Å². The summed E-state index contributed by atoms with van der Waals surface area (Å²) in [5.74, 6) is -0.0205. The summed E-state index contributed by atoms with van der Waals surface area (Å²) in [6.45, 7) is 7.19. The normalized spacial score (nSPS) is 16.8. The number of nitrogens with zero attached hydrogens (tertiary/aromatic N) is 5. The van der Waals surface area contributed by atoms with Gasteiger partial charge >= 0.3 is 0 Å². The van der Waals surface area contributed by atoms with E-state index in [2.05, 4.69) is 24.8 Å². The van der Waals surface area contributed by atoms with Crippen molar-refractivity contribution in [1.29, 1.82) is 0 Å². The molecule has 2 saturated heterocycles. The minimum absolute atomic E-state index is 0.395. The predicted octanol–water partition coefficient (Wildman–Crippen LogP) is 3.31. The molecule has 0 radical (unpaired) electrons. The number of benzene rings is 1. The number of hydrogen-bond donors (Lipinski definition) is 1. The molecule has 170 valence electrons. The molecule has 0 saturated carbocycles. The van der Waals surface area contributed by atoms with Crippen LogP contribution in [0.2, 0.25) is 0 Å². The molecule has 5 rings (SSSR count). The zero-order valence-corrected chi connectivity index (χ0v) is 18.2. The Morgan fingerprint density at radius 3 is 2.41 bits per heavy atom. The van der Waals surface area contributed by atoms with Crippen LogP contribution in [-0.4, -0.2) is 59.2 Å². The second-order valence-electron chi connectivity index (χ2n) is 8.07. The number of hydrogen-bond acceptors (Lipinski definition) is 7. The van der Waals surface area contributed by atoms with Crippen LogP contribution in [0.4, 0.5) is 20.4 Å². The van der Waals surface area contributed by atoms with Gasteiger partial charge < -0.3 is 15.4 Å². The minimum Gasteiger partial charge on any atom is -0.381 e. The summed E-state index contributed by atoms with van der Waals surface area (Å²) in [6.07, 6.45) is 4.26. The number of rotatable bonds is 3. The second kappa shape index (κ2) is 10.1. The topological polar surface area (TPSA) is 80.4 Å². The van der Waals surface area contributed by atoms with Gasteiger partial charge in [0, 0.05) is 63.3 Å². The first-order valence-electron chi connectivity index (χ1n) is 10.9. The molecular formula is C23H28F2N6O. The highest BCUT2D eigenvalue weighted by atomic mass is 19.1. The maximum Gasteiger partial charge on any atom is 0.172 e. The van der Waals surface area contributed by atoms with Crippen LogP contribution in [0.3, 0.4) is 0 Å². The third-order valence-electron chi connectivity index (χ3n) is 5.60. The van der Waals surface area contributed by atoms with E-state index in [1.165, 1.54) is 25.0 Å². The van der Waals surface area contributed by atoms with Crippen LogP contribution in [0.5, 0.6) is 0 Å². The molecule has 2 aromatic heterocycles. The number of pyridine rings is 1. The Morgan fingerprint density at radius 2 is 1.75 bits per heavy atom. The number of fused-ring (bicyclic) bond motifs is 1. The first-order chi connectivity index (χ1) is 15.5. The summed E-state index contributed by atoms with van der Waals surface area (Å²) < 4.78 is 31.8. The fourth-order valence-electron chi connectivity index (χ4n) is 3.82. The molecule has 2 aliphatic rings. The maximum absolute atomic E-state index is 13.9. The van der Waals surface area contributed by atoms with Crippen molar-refractivity contribution in [3.8, 4) is 0 Å². The van der Waals surface area contributed by atoms with Gasteiger partial charge in [-0.25, -0.2) is 18.7 Å². The van der Waals surface area contributed by atoms with Crippen molar-refractivity contribution < 1.29 is 13.5 Å². The molecule has 9 heteroatoms. The molecule has 3 aromatic rings. The van der Waals surface area contributed by atoms with Crippen LogP contribution in [0, 0.1) is 18.6 Å². The van der Waals surface area contributed by atoms with Crippen molar-refractivity contribution in [3.63, 3.8) is 0 Å². The van der Waals surface area contributed by atoms with Gasteiger partial charge in [0.2, 0.25) is 0 Å². The number of nitrogen functional groups attached to an aromatic ring is 1. The molecular weight excluding hydrogens is 414 g/mol. The van der Waals surface area contributed by atoms with Crippen molar-refractivity contribution in [2.24, 2.45) is 0 Å². The van der Waals surface area contributed by atoms with Gasteiger partial charge in [-0.2, -0.15) is 0 Å². The highest BCUT2D eigenvalue weighted by molar-refractivity contribution is 5.79. The lowest BCUT2D eigenvalue weighted by Gasteiger charge is -2.35. The molecule has 0 aliphatic carbocycles. The van der Waals surface area contributed by atoms with Crippen molar-refractivity contribution in [2.75, 3.05) is 50.0 Å². The number of halogens is 2. The van der Waals surface area contributed by atoms with Crippen LogP contribution < -0.4 is 10.6 Å². The van der Waals surface area contributed by atoms with Crippen molar-refractivity contribution in [3.05, 3.63) is 53.4 Å². The van der Waals surface area contributed by atoms with Gasteiger partial charge in [0.1, 0.15) is 17.2 Å². The fraction of sp³-hybridized carbons (Fsp3) is 0.435. The van der Waals surface area contributed by atoms with E-state index in [1.54, 1.807) is 6.20 Å². The highest BCUT2D eigenvalue weighted by Gasteiger charge is 2.22. The van der Waals surface area contributed by atoms with Gasteiger partial charge in [0.05, 0.1) is 11.7 Å². The number of aromatic nitrogens is 3. The van der Waals surface area contributed by atoms with Gasteiger partial charge in [-0.3, -0.25) is 9.88 Å². The van der Waals surface area contributed by atoms with E-state index < -0.39 is 11.6 Å². The van der Waals surface area contributed by atoms with Crippen LogP contribution >= 0.6 is 0 Å². The largest absolute Gasteiger partial charge is 0.381 e. The van der Waals surface area contributed by atoms with Crippen LogP contribution in [-0.2, 0) is 11.3 Å². The Labute approximate surface area is 186 Å². The first-order valence-corrected chi connectivity index (χ1v) is 10.9. The first kappa shape index (κ1) is 22.3. The molecule has 1 aromatic carbocycles. The number of nitrogens with two attached hydrogens (primary N) is 1. The minimum atomic E-state index is -0.559. The molecule has 4 heterocycles. The lowest BCUT2D eigenvalue weighted by atomic mass is 10.1. The summed E-state index contributed by atoms with van der Waals surface area (Å²) in [6, 6.07) is 5.57. The summed E-state index contributed by atoms with van der Waals surface area (Å²) in [4.78, 5) is 17.6. The van der Waals surface area contributed by atoms with Gasteiger partial charge in [0.15, 0.2) is 11.6 Å². The number of piperazine rings is 1. The molecule has 2 aliphatic heterocycles. The van der Waals surface area contributed by atoms with Crippen molar-refractivity contribution in [1.82, 2.24) is 19.9 Å². The van der Waals surface area contributed by atoms with Crippen LogP contribution in [0.1, 0.15) is 24.1 Å². The van der Waals surface area contributed by atoms with Gasteiger partial charge in [-0.05, 0) is 31.9 Å². The zero-order valence-electron chi connectivity index (χ0n) is 18.2. The lowest BCUT2D eigenvalue weighted by Crippen LogP contribution is -2.46. The molecule has 0 amide bonds. The van der Waals surface area contributed by atoms with E-state index in [0.29, 0.717) is 42.4 Å². The van der Waals surface area contributed by atoms with Crippen LogP contribution in [0.25, 0.3) is 11.0 Å². The average Bonchev–Trinajstić information content (AvgIpc) is 3.36. The summed E-state index contributed by atoms with van der Waals surface area (Å²) >= 11 is 0. The Bertz CT molecular complexity index is 1060. The van der Waals surface area contributed by atoms with Gasteiger partial charge in [0.25, 0.3) is 0 Å². The number of anilines is 2. The predicted molar refractivity (Wildman–Crippen MR) is 120 cm³/mol.